The first-order valence-corrected chi connectivity index (χ1v) is 14.5. The number of nitrogens with zero attached hydrogens (tertiary/aromatic N) is 4. The summed E-state index contributed by atoms with van der Waals surface area (Å²) in [4.78, 5) is 15.4. The number of aromatic nitrogens is 4. The van der Waals surface area contributed by atoms with E-state index in [4.69, 9.17) is 15.0 Å². The molecule has 0 aliphatic heterocycles. The zero-order valence-electron chi connectivity index (χ0n) is 23.0. The van der Waals surface area contributed by atoms with Crippen LogP contribution in [0.4, 0.5) is 0 Å². The van der Waals surface area contributed by atoms with E-state index >= 15 is 0 Å². The van der Waals surface area contributed by atoms with Crippen molar-refractivity contribution in [2.24, 2.45) is 0 Å². The van der Waals surface area contributed by atoms with Crippen molar-refractivity contribution in [1.29, 1.82) is 0 Å². The smallest absolute Gasteiger partial charge is 0.238 e. The van der Waals surface area contributed by atoms with E-state index in [9.17, 15) is 0 Å². The van der Waals surface area contributed by atoms with Crippen molar-refractivity contribution in [3.63, 3.8) is 0 Å². The zero-order chi connectivity index (χ0) is 28.1. The van der Waals surface area contributed by atoms with Gasteiger partial charge in [0.2, 0.25) is 5.95 Å². The quantitative estimate of drug-likeness (QED) is 0.164. The van der Waals surface area contributed by atoms with E-state index < -0.39 is 0 Å². The van der Waals surface area contributed by atoms with Crippen molar-refractivity contribution in [2.75, 3.05) is 0 Å². The second-order valence-corrected chi connectivity index (χ2v) is 11.3. The molecule has 198 valence electrons. The highest BCUT2D eigenvalue weighted by atomic mass is 15.2. The van der Waals surface area contributed by atoms with Crippen molar-refractivity contribution in [1.82, 2.24) is 19.5 Å². The third-order valence-electron chi connectivity index (χ3n) is 8.93. The Hall–Kier alpha value is -5.87. The highest BCUT2D eigenvalue weighted by Crippen LogP contribution is 2.46. The molecule has 10 rings (SSSR count). The van der Waals surface area contributed by atoms with Gasteiger partial charge in [-0.05, 0) is 55.9 Å². The third kappa shape index (κ3) is 3.12. The molecule has 0 aliphatic carbocycles. The van der Waals surface area contributed by atoms with E-state index in [1.165, 1.54) is 48.5 Å². The molecule has 43 heavy (non-hydrogen) atoms. The van der Waals surface area contributed by atoms with Crippen molar-refractivity contribution in [3.05, 3.63) is 133 Å². The summed E-state index contributed by atoms with van der Waals surface area (Å²) in [5.41, 5.74) is 4.12. The molecule has 0 atom stereocenters. The Labute approximate surface area is 246 Å². The lowest BCUT2D eigenvalue weighted by Gasteiger charge is -2.13. The molecule has 0 radical (unpaired) electrons. The van der Waals surface area contributed by atoms with Crippen LogP contribution in [0.1, 0.15) is 0 Å². The fraction of sp³-hybridized carbons (Fsp3) is 0. The Balaban J connectivity index is 1.34. The highest BCUT2D eigenvalue weighted by Gasteiger charge is 2.23. The van der Waals surface area contributed by atoms with Crippen LogP contribution in [0.2, 0.25) is 0 Å². The molecule has 8 aromatic carbocycles. The topological polar surface area (TPSA) is 43.6 Å². The average Bonchev–Trinajstić information content (AvgIpc) is 3.42. The van der Waals surface area contributed by atoms with Gasteiger partial charge in [-0.3, -0.25) is 4.57 Å². The van der Waals surface area contributed by atoms with Gasteiger partial charge < -0.3 is 0 Å². The first-order valence-electron chi connectivity index (χ1n) is 14.5. The van der Waals surface area contributed by atoms with E-state index in [1.807, 2.05) is 18.2 Å². The van der Waals surface area contributed by atoms with Gasteiger partial charge in [0.25, 0.3) is 0 Å². The highest BCUT2D eigenvalue weighted by molar-refractivity contribution is 6.40. The number of hydrogen-bond donors (Lipinski definition) is 0. The molecule has 10 aromatic rings. The van der Waals surface area contributed by atoms with E-state index in [1.54, 1.807) is 0 Å². The van der Waals surface area contributed by atoms with Gasteiger partial charge in [0.05, 0.1) is 11.0 Å². The Morgan fingerprint density at radius 3 is 1.86 bits per heavy atom. The molecule has 0 N–H and O–H groups in total. The maximum absolute atomic E-state index is 5.19. The fourth-order valence-corrected chi connectivity index (χ4v) is 7.04. The molecule has 0 bridgehead atoms. The largest absolute Gasteiger partial charge is 0.278 e. The molecule has 0 saturated heterocycles. The lowest BCUT2D eigenvalue weighted by molar-refractivity contribution is 0.954. The van der Waals surface area contributed by atoms with Crippen molar-refractivity contribution >= 4 is 64.9 Å². The van der Waals surface area contributed by atoms with Gasteiger partial charge in [0.1, 0.15) is 0 Å². The summed E-state index contributed by atoms with van der Waals surface area (Å²) in [7, 11) is 0. The van der Waals surface area contributed by atoms with Gasteiger partial charge in [-0.1, -0.05) is 115 Å². The van der Waals surface area contributed by atoms with E-state index in [0.717, 1.165) is 27.5 Å². The van der Waals surface area contributed by atoms with E-state index in [2.05, 4.69) is 120 Å². The molecule has 0 fully saturated rings. The van der Waals surface area contributed by atoms with Crippen molar-refractivity contribution in [3.8, 4) is 28.7 Å². The summed E-state index contributed by atoms with van der Waals surface area (Å²) in [5.74, 6) is 1.93. The maximum Gasteiger partial charge on any atom is 0.238 e. The predicted octanol–water partition coefficient (Wildman–Crippen LogP) is 9.79. The lowest BCUT2D eigenvalue weighted by atomic mass is 9.89. The summed E-state index contributed by atoms with van der Waals surface area (Å²) in [5, 5.41) is 12.5. The number of benzene rings is 8. The second-order valence-electron chi connectivity index (χ2n) is 11.3. The van der Waals surface area contributed by atoms with Gasteiger partial charge in [-0.25, -0.2) is 4.98 Å². The number of fused-ring (bicyclic) bond motifs is 2. The molecule has 0 aliphatic rings. The minimum atomic E-state index is 0.617. The molecule has 4 heteroatoms. The summed E-state index contributed by atoms with van der Waals surface area (Å²) < 4.78 is 2.23. The summed E-state index contributed by atoms with van der Waals surface area (Å²) >= 11 is 0. The standard InChI is InChI=1S/C39H22N4/c1-2-9-26(10-3-1)37-40-38(28-19-16-23-8-4-5-11-27(23)22-28)42-39(41-37)43-31-15-7-14-30-29-13-6-12-24-17-18-25-20-21-32(43)36(35(30)31)34(25)33(24)29/h1-22H. The molecule has 0 spiro atoms. The first kappa shape index (κ1) is 22.8. The van der Waals surface area contributed by atoms with Gasteiger partial charge in [-0.2, -0.15) is 9.97 Å². The molecular weight excluding hydrogens is 524 g/mol. The van der Waals surface area contributed by atoms with Crippen molar-refractivity contribution in [2.45, 2.75) is 0 Å². The van der Waals surface area contributed by atoms with Gasteiger partial charge in [0, 0.05) is 27.3 Å². The lowest BCUT2D eigenvalue weighted by Crippen LogP contribution is -2.06. The Kier molecular flexibility index (Phi) is 4.42. The molecular formula is C39H22N4. The van der Waals surface area contributed by atoms with Crippen LogP contribution in [0, 0.1) is 0 Å². The van der Waals surface area contributed by atoms with Gasteiger partial charge >= 0.3 is 0 Å². The van der Waals surface area contributed by atoms with Gasteiger partial charge in [-0.15, -0.1) is 0 Å². The van der Waals surface area contributed by atoms with Crippen LogP contribution >= 0.6 is 0 Å². The minimum absolute atomic E-state index is 0.617. The van der Waals surface area contributed by atoms with Crippen LogP contribution in [-0.2, 0) is 0 Å². The second kappa shape index (κ2) is 8.34. The molecule has 0 saturated carbocycles. The molecule has 0 unspecified atom stereocenters. The molecule has 2 heterocycles. The summed E-state index contributed by atoms with van der Waals surface area (Å²) in [6.07, 6.45) is 0. The zero-order valence-corrected chi connectivity index (χ0v) is 23.0. The van der Waals surface area contributed by atoms with Crippen LogP contribution in [0.15, 0.2) is 133 Å². The van der Waals surface area contributed by atoms with Crippen LogP contribution < -0.4 is 0 Å². The summed E-state index contributed by atoms with van der Waals surface area (Å²) in [6.45, 7) is 0. The molecule has 0 amide bonds. The third-order valence-corrected chi connectivity index (χ3v) is 8.93. The molecule has 4 nitrogen and oxygen atoms in total. The SMILES string of the molecule is c1ccc(-c2nc(-c3ccc4ccccc4c3)nc(-n3c4cccc5c6cccc7ccc8ccc3c(c8c76)c54)n2)cc1. The number of rotatable bonds is 3. The predicted molar refractivity (Wildman–Crippen MR) is 177 cm³/mol. The molecule has 2 aromatic heterocycles. The van der Waals surface area contributed by atoms with Gasteiger partial charge in [0.15, 0.2) is 11.6 Å². The van der Waals surface area contributed by atoms with Crippen LogP contribution in [0.5, 0.6) is 0 Å². The van der Waals surface area contributed by atoms with E-state index in [0.29, 0.717) is 17.6 Å². The average molecular weight is 547 g/mol. The van der Waals surface area contributed by atoms with Crippen molar-refractivity contribution < 1.29 is 0 Å². The Morgan fingerprint density at radius 2 is 1.00 bits per heavy atom. The number of hydrogen-bond acceptors (Lipinski definition) is 3. The summed E-state index contributed by atoms with van der Waals surface area (Å²) in [6, 6.07) is 47.2. The normalized spacial score (nSPS) is 12.2. The maximum atomic E-state index is 5.19. The Bertz CT molecular complexity index is 2670. The van der Waals surface area contributed by atoms with Crippen LogP contribution in [0.25, 0.3) is 93.6 Å². The van der Waals surface area contributed by atoms with E-state index in [-0.39, 0.29) is 0 Å². The fourth-order valence-electron chi connectivity index (χ4n) is 7.04. The first-order chi connectivity index (χ1) is 21.3. The monoisotopic (exact) mass is 546 g/mol. The van der Waals surface area contributed by atoms with Crippen LogP contribution in [-0.4, -0.2) is 19.5 Å². The minimum Gasteiger partial charge on any atom is -0.278 e. The van der Waals surface area contributed by atoms with Crippen LogP contribution in [0.3, 0.4) is 0 Å². The Morgan fingerprint density at radius 1 is 0.372 bits per heavy atom.